The second kappa shape index (κ2) is 4.41. The molecule has 0 spiro atoms. The first kappa shape index (κ1) is 11.0. The number of amides is 1. The van der Waals surface area contributed by atoms with Crippen LogP contribution in [0.1, 0.15) is 26.2 Å². The monoisotopic (exact) mass is 201 g/mol. The van der Waals surface area contributed by atoms with Crippen LogP contribution in [0.25, 0.3) is 0 Å². The SMILES string of the molecule is CC1(NC(=O)CC(=O)O)CCOCC1. The van der Waals surface area contributed by atoms with Crippen LogP contribution in [0, 0.1) is 0 Å². The summed E-state index contributed by atoms with van der Waals surface area (Å²) in [4.78, 5) is 21.5. The minimum atomic E-state index is -1.10. The number of ether oxygens (including phenoxy) is 1. The smallest absolute Gasteiger partial charge is 0.312 e. The number of carbonyl (C=O) groups excluding carboxylic acids is 1. The standard InChI is InChI=1S/C9H15NO4/c1-9(2-4-14-5-3-9)10-7(11)6-8(12)13/h2-6H2,1H3,(H,10,11)(H,12,13). The van der Waals surface area contributed by atoms with Gasteiger partial charge in [-0.1, -0.05) is 0 Å². The maximum Gasteiger partial charge on any atom is 0.312 e. The number of aliphatic carboxylic acids is 1. The molecule has 1 rings (SSSR count). The van der Waals surface area contributed by atoms with Crippen molar-refractivity contribution in [3.8, 4) is 0 Å². The van der Waals surface area contributed by atoms with Gasteiger partial charge in [0.1, 0.15) is 6.42 Å². The van der Waals surface area contributed by atoms with Crippen molar-refractivity contribution < 1.29 is 19.4 Å². The van der Waals surface area contributed by atoms with Gasteiger partial charge in [-0.3, -0.25) is 9.59 Å². The van der Waals surface area contributed by atoms with Crippen LogP contribution in [0.4, 0.5) is 0 Å². The number of hydrogen-bond acceptors (Lipinski definition) is 3. The van der Waals surface area contributed by atoms with Crippen molar-refractivity contribution in [1.82, 2.24) is 5.32 Å². The quantitative estimate of drug-likeness (QED) is 0.637. The summed E-state index contributed by atoms with van der Waals surface area (Å²) in [5.41, 5.74) is -0.301. The minimum Gasteiger partial charge on any atom is -0.481 e. The van der Waals surface area contributed by atoms with E-state index < -0.39 is 18.3 Å². The molecule has 0 aromatic heterocycles. The van der Waals surface area contributed by atoms with E-state index in [9.17, 15) is 9.59 Å². The highest BCUT2D eigenvalue weighted by atomic mass is 16.5. The maximum absolute atomic E-state index is 11.2. The molecule has 80 valence electrons. The maximum atomic E-state index is 11.2. The predicted molar refractivity (Wildman–Crippen MR) is 48.9 cm³/mol. The first-order valence-corrected chi connectivity index (χ1v) is 4.62. The number of carbonyl (C=O) groups is 2. The third-order valence-electron chi connectivity index (χ3n) is 2.35. The van der Waals surface area contributed by atoms with E-state index in [4.69, 9.17) is 9.84 Å². The molecule has 0 radical (unpaired) electrons. The average molecular weight is 201 g/mol. The number of rotatable bonds is 3. The summed E-state index contributed by atoms with van der Waals surface area (Å²) in [6.07, 6.45) is 1.01. The fourth-order valence-corrected chi connectivity index (χ4v) is 1.47. The van der Waals surface area contributed by atoms with Crippen molar-refractivity contribution in [2.45, 2.75) is 31.7 Å². The van der Waals surface area contributed by atoms with E-state index in [2.05, 4.69) is 5.32 Å². The largest absolute Gasteiger partial charge is 0.481 e. The summed E-state index contributed by atoms with van der Waals surface area (Å²) < 4.78 is 5.16. The molecular formula is C9H15NO4. The lowest BCUT2D eigenvalue weighted by atomic mass is 9.92. The van der Waals surface area contributed by atoms with Gasteiger partial charge in [-0.15, -0.1) is 0 Å². The van der Waals surface area contributed by atoms with Crippen LogP contribution >= 0.6 is 0 Å². The number of carboxylic acid groups (broad SMARTS) is 1. The molecule has 1 fully saturated rings. The molecule has 1 heterocycles. The Bertz CT molecular complexity index is 233. The number of nitrogens with one attached hydrogen (secondary N) is 1. The van der Waals surface area contributed by atoms with Gasteiger partial charge >= 0.3 is 5.97 Å². The molecule has 0 bridgehead atoms. The Morgan fingerprint density at radius 1 is 1.43 bits per heavy atom. The van der Waals surface area contributed by atoms with E-state index >= 15 is 0 Å². The van der Waals surface area contributed by atoms with E-state index in [1.165, 1.54) is 0 Å². The van der Waals surface area contributed by atoms with Crippen LogP contribution in [-0.4, -0.2) is 35.7 Å². The van der Waals surface area contributed by atoms with Gasteiger partial charge in [0.15, 0.2) is 0 Å². The molecule has 0 aromatic carbocycles. The van der Waals surface area contributed by atoms with Crippen molar-refractivity contribution in [3.05, 3.63) is 0 Å². The average Bonchev–Trinajstić information content (AvgIpc) is 2.02. The van der Waals surface area contributed by atoms with Crippen molar-refractivity contribution in [2.24, 2.45) is 0 Å². The summed E-state index contributed by atoms with van der Waals surface area (Å²) in [6, 6.07) is 0. The highest BCUT2D eigenvalue weighted by Gasteiger charge is 2.29. The molecule has 0 aliphatic carbocycles. The first-order valence-electron chi connectivity index (χ1n) is 4.62. The van der Waals surface area contributed by atoms with E-state index in [0.717, 1.165) is 12.8 Å². The Labute approximate surface area is 82.4 Å². The van der Waals surface area contributed by atoms with Gasteiger partial charge in [0.2, 0.25) is 5.91 Å². The fraction of sp³-hybridized carbons (Fsp3) is 0.778. The third kappa shape index (κ3) is 3.33. The predicted octanol–water partition coefficient (Wildman–Crippen LogP) is 0.146. The van der Waals surface area contributed by atoms with Crippen LogP contribution < -0.4 is 5.32 Å². The Kier molecular flexibility index (Phi) is 3.46. The number of carboxylic acids is 1. The van der Waals surface area contributed by atoms with Gasteiger partial charge in [0.05, 0.1) is 0 Å². The fourth-order valence-electron chi connectivity index (χ4n) is 1.47. The second-order valence-electron chi connectivity index (χ2n) is 3.79. The Morgan fingerprint density at radius 2 is 2.00 bits per heavy atom. The molecule has 14 heavy (non-hydrogen) atoms. The summed E-state index contributed by atoms with van der Waals surface area (Å²) in [6.45, 7) is 3.14. The van der Waals surface area contributed by atoms with Gasteiger partial charge < -0.3 is 15.2 Å². The molecule has 1 amide bonds. The van der Waals surface area contributed by atoms with Gasteiger partial charge in [0, 0.05) is 18.8 Å². The van der Waals surface area contributed by atoms with Gasteiger partial charge in [0.25, 0.3) is 0 Å². The highest BCUT2D eigenvalue weighted by Crippen LogP contribution is 2.19. The minimum absolute atomic E-state index is 0.301. The molecule has 1 aliphatic heterocycles. The Hall–Kier alpha value is -1.10. The number of hydrogen-bond donors (Lipinski definition) is 2. The van der Waals surface area contributed by atoms with Crippen LogP contribution in [-0.2, 0) is 14.3 Å². The van der Waals surface area contributed by atoms with Crippen LogP contribution in [0.15, 0.2) is 0 Å². The summed E-state index contributed by atoms with van der Waals surface area (Å²) in [7, 11) is 0. The molecule has 5 heteroatoms. The Balaban J connectivity index is 2.41. The lowest BCUT2D eigenvalue weighted by Crippen LogP contribution is -2.49. The van der Waals surface area contributed by atoms with Gasteiger partial charge in [-0.05, 0) is 19.8 Å². The molecule has 1 saturated heterocycles. The Morgan fingerprint density at radius 3 is 2.50 bits per heavy atom. The van der Waals surface area contributed by atoms with Crippen LogP contribution in [0.5, 0.6) is 0 Å². The zero-order valence-electron chi connectivity index (χ0n) is 8.21. The lowest BCUT2D eigenvalue weighted by molar-refractivity contribution is -0.141. The van der Waals surface area contributed by atoms with Crippen LogP contribution in [0.3, 0.4) is 0 Å². The zero-order chi connectivity index (χ0) is 10.6. The second-order valence-corrected chi connectivity index (χ2v) is 3.79. The molecule has 0 unspecified atom stereocenters. The normalized spacial score (nSPS) is 20.1. The van der Waals surface area contributed by atoms with Crippen molar-refractivity contribution in [2.75, 3.05) is 13.2 Å². The molecule has 0 saturated carbocycles. The van der Waals surface area contributed by atoms with Crippen molar-refractivity contribution in [3.63, 3.8) is 0 Å². The molecule has 0 aromatic rings. The van der Waals surface area contributed by atoms with Crippen molar-refractivity contribution >= 4 is 11.9 Å². The molecule has 5 nitrogen and oxygen atoms in total. The topological polar surface area (TPSA) is 75.6 Å². The van der Waals surface area contributed by atoms with E-state index in [1.807, 2.05) is 6.92 Å². The van der Waals surface area contributed by atoms with E-state index in [-0.39, 0.29) is 5.54 Å². The molecule has 2 N–H and O–H groups in total. The van der Waals surface area contributed by atoms with Gasteiger partial charge in [-0.2, -0.15) is 0 Å². The molecule has 1 aliphatic rings. The highest BCUT2D eigenvalue weighted by molar-refractivity contribution is 5.93. The lowest BCUT2D eigenvalue weighted by Gasteiger charge is -2.34. The van der Waals surface area contributed by atoms with E-state index in [1.54, 1.807) is 0 Å². The van der Waals surface area contributed by atoms with E-state index in [0.29, 0.717) is 13.2 Å². The zero-order valence-corrected chi connectivity index (χ0v) is 8.21. The summed E-state index contributed by atoms with van der Waals surface area (Å²) in [5.74, 6) is -1.53. The molecule has 0 atom stereocenters. The van der Waals surface area contributed by atoms with Crippen molar-refractivity contribution in [1.29, 1.82) is 0 Å². The van der Waals surface area contributed by atoms with Crippen LogP contribution in [0.2, 0.25) is 0 Å². The van der Waals surface area contributed by atoms with Gasteiger partial charge in [-0.25, -0.2) is 0 Å². The summed E-state index contributed by atoms with van der Waals surface area (Å²) in [5, 5.41) is 11.1. The summed E-state index contributed by atoms with van der Waals surface area (Å²) >= 11 is 0. The third-order valence-corrected chi connectivity index (χ3v) is 2.35. The first-order chi connectivity index (χ1) is 6.52. The molecular weight excluding hydrogens is 186 g/mol.